The maximum absolute atomic E-state index is 13.1. The van der Waals surface area contributed by atoms with E-state index in [1.807, 2.05) is 61.5 Å². The van der Waals surface area contributed by atoms with E-state index in [4.69, 9.17) is 4.99 Å². The third-order valence-electron chi connectivity index (χ3n) is 5.78. The number of nitrogens with zero attached hydrogens (tertiary/aromatic N) is 2. The molecule has 0 spiro atoms. The summed E-state index contributed by atoms with van der Waals surface area (Å²) in [6.07, 6.45) is 3.16. The topological polar surface area (TPSA) is 49.7 Å². The quantitative estimate of drug-likeness (QED) is 0.585. The van der Waals surface area contributed by atoms with Crippen molar-refractivity contribution < 1.29 is 9.59 Å². The lowest BCUT2D eigenvalue weighted by molar-refractivity contribution is -0.117. The van der Waals surface area contributed by atoms with Gasteiger partial charge in [-0.05, 0) is 31.7 Å². The number of benzene rings is 2. The van der Waals surface area contributed by atoms with Crippen LogP contribution in [-0.2, 0) is 17.6 Å². The molecule has 0 N–H and O–H groups in total. The highest BCUT2D eigenvalue weighted by Crippen LogP contribution is 2.43. The van der Waals surface area contributed by atoms with Gasteiger partial charge in [0.15, 0.2) is 5.78 Å². The Morgan fingerprint density at radius 1 is 1.07 bits per heavy atom. The molecule has 150 valence electrons. The summed E-state index contributed by atoms with van der Waals surface area (Å²) in [6, 6.07) is 17.6. The van der Waals surface area contributed by atoms with Gasteiger partial charge in [0.05, 0.1) is 12.3 Å². The smallest absolute Gasteiger partial charge is 0.249 e. The highest BCUT2D eigenvalue weighted by Gasteiger charge is 2.33. The summed E-state index contributed by atoms with van der Waals surface area (Å²) in [5, 5.41) is 0.880. The van der Waals surface area contributed by atoms with E-state index in [9.17, 15) is 9.59 Å². The van der Waals surface area contributed by atoms with Gasteiger partial charge in [-0.2, -0.15) is 0 Å². The minimum absolute atomic E-state index is 0.0475. The minimum atomic E-state index is -0.123. The van der Waals surface area contributed by atoms with E-state index < -0.39 is 0 Å². The van der Waals surface area contributed by atoms with Crippen LogP contribution in [0, 0.1) is 6.92 Å². The van der Waals surface area contributed by atoms with Crippen molar-refractivity contribution in [2.24, 2.45) is 4.99 Å². The molecule has 0 atom stereocenters. The standard InChI is InChI=1S/C25H22N2O2S/c1-16-10-12-17(13-11-16)20(28)15-27-22(29)14-26-24(18-6-3-2-4-7-18)23-19-8-5-9-21(19)30-25(23)27/h2-4,6-7,10-13H,5,8-9,14-15H2,1H3. The van der Waals surface area contributed by atoms with E-state index in [0.29, 0.717) is 5.56 Å². The maximum Gasteiger partial charge on any atom is 0.249 e. The van der Waals surface area contributed by atoms with E-state index in [2.05, 4.69) is 0 Å². The van der Waals surface area contributed by atoms with Crippen molar-refractivity contribution in [2.45, 2.75) is 26.2 Å². The Bertz CT molecular complexity index is 1160. The summed E-state index contributed by atoms with van der Waals surface area (Å²) in [6.45, 7) is 2.10. The SMILES string of the molecule is Cc1ccc(C(=O)CN2C(=O)CN=C(c3ccccc3)c3c2sc2c3CCC2)cc1. The highest BCUT2D eigenvalue weighted by atomic mass is 32.1. The number of hydrogen-bond donors (Lipinski definition) is 0. The Morgan fingerprint density at radius 3 is 2.60 bits per heavy atom. The number of hydrogen-bond acceptors (Lipinski definition) is 4. The van der Waals surface area contributed by atoms with E-state index in [1.165, 1.54) is 10.4 Å². The minimum Gasteiger partial charge on any atom is -0.294 e. The number of carbonyl (C=O) groups is 2. The van der Waals surface area contributed by atoms with Gasteiger partial charge in [-0.15, -0.1) is 11.3 Å². The van der Waals surface area contributed by atoms with Crippen LogP contribution in [0.25, 0.3) is 0 Å². The molecule has 0 bridgehead atoms. The Kier molecular flexibility index (Phi) is 4.83. The van der Waals surface area contributed by atoms with E-state index in [0.717, 1.165) is 46.7 Å². The largest absolute Gasteiger partial charge is 0.294 e. The predicted molar refractivity (Wildman–Crippen MR) is 121 cm³/mol. The second kappa shape index (κ2) is 7.65. The molecule has 1 aliphatic carbocycles. The summed E-state index contributed by atoms with van der Waals surface area (Å²) >= 11 is 1.66. The van der Waals surface area contributed by atoms with Crippen molar-refractivity contribution in [3.05, 3.63) is 87.3 Å². The molecule has 0 saturated heterocycles. The first kappa shape index (κ1) is 18.9. The Morgan fingerprint density at radius 2 is 1.83 bits per heavy atom. The molecule has 3 aromatic rings. The van der Waals surface area contributed by atoms with Crippen molar-refractivity contribution in [1.29, 1.82) is 0 Å². The summed E-state index contributed by atoms with van der Waals surface area (Å²) in [7, 11) is 0. The zero-order valence-corrected chi connectivity index (χ0v) is 17.7. The zero-order chi connectivity index (χ0) is 20.7. The molecule has 0 saturated carbocycles. The number of rotatable bonds is 4. The fraction of sp³-hybridized carbons (Fsp3) is 0.240. The average molecular weight is 415 g/mol. The molecule has 30 heavy (non-hydrogen) atoms. The maximum atomic E-state index is 13.1. The molecule has 2 aliphatic rings. The van der Waals surface area contributed by atoms with Crippen LogP contribution in [-0.4, -0.2) is 30.5 Å². The van der Waals surface area contributed by atoms with Gasteiger partial charge in [0.25, 0.3) is 0 Å². The molecule has 1 amide bonds. The number of ketones is 1. The number of amides is 1. The molecular formula is C25H22N2O2S. The molecule has 1 aromatic heterocycles. The number of aliphatic imine (C=N–C) groups is 1. The highest BCUT2D eigenvalue weighted by molar-refractivity contribution is 7.17. The Balaban J connectivity index is 1.57. The van der Waals surface area contributed by atoms with Crippen LogP contribution in [0.4, 0.5) is 5.00 Å². The van der Waals surface area contributed by atoms with Crippen LogP contribution in [0.15, 0.2) is 59.6 Å². The normalized spacial score (nSPS) is 15.4. The summed E-state index contributed by atoms with van der Waals surface area (Å²) in [5.74, 6) is -0.173. The molecule has 0 unspecified atom stereocenters. The number of fused-ring (bicyclic) bond motifs is 3. The van der Waals surface area contributed by atoms with Crippen LogP contribution < -0.4 is 4.90 Å². The fourth-order valence-corrected chi connectivity index (χ4v) is 5.62. The molecule has 2 aromatic carbocycles. The lowest BCUT2D eigenvalue weighted by Crippen LogP contribution is -2.36. The first-order valence-electron chi connectivity index (χ1n) is 10.3. The van der Waals surface area contributed by atoms with Gasteiger partial charge >= 0.3 is 0 Å². The first-order valence-corrected chi connectivity index (χ1v) is 11.1. The third-order valence-corrected chi connectivity index (χ3v) is 7.10. The van der Waals surface area contributed by atoms with Gasteiger partial charge in [0, 0.05) is 21.6 Å². The second-order valence-electron chi connectivity index (χ2n) is 7.84. The van der Waals surface area contributed by atoms with Gasteiger partial charge in [-0.3, -0.25) is 19.5 Å². The lowest BCUT2D eigenvalue weighted by atomic mass is 9.99. The van der Waals surface area contributed by atoms with Crippen LogP contribution >= 0.6 is 11.3 Å². The van der Waals surface area contributed by atoms with Crippen molar-refractivity contribution in [1.82, 2.24) is 0 Å². The van der Waals surface area contributed by atoms with Crippen LogP contribution in [0.2, 0.25) is 0 Å². The second-order valence-corrected chi connectivity index (χ2v) is 8.92. The molecule has 4 nitrogen and oxygen atoms in total. The van der Waals surface area contributed by atoms with Gasteiger partial charge in [0.1, 0.15) is 11.5 Å². The summed E-state index contributed by atoms with van der Waals surface area (Å²) < 4.78 is 0. The van der Waals surface area contributed by atoms with Gasteiger partial charge in [0.2, 0.25) is 5.91 Å². The number of Topliss-reactive ketones (excluding diaryl/α,β-unsaturated/α-hetero) is 1. The molecule has 1 aliphatic heterocycles. The van der Waals surface area contributed by atoms with Crippen molar-refractivity contribution in [2.75, 3.05) is 18.0 Å². The first-order chi connectivity index (χ1) is 14.6. The van der Waals surface area contributed by atoms with Gasteiger partial charge < -0.3 is 0 Å². The fourth-order valence-electron chi connectivity index (χ4n) is 4.21. The Labute approximate surface area is 179 Å². The molecule has 0 fully saturated rings. The van der Waals surface area contributed by atoms with Crippen LogP contribution in [0.3, 0.4) is 0 Å². The number of carbonyl (C=O) groups excluding carboxylic acids is 2. The van der Waals surface area contributed by atoms with Crippen LogP contribution in [0.1, 0.15) is 43.9 Å². The van der Waals surface area contributed by atoms with Crippen molar-refractivity contribution in [3.8, 4) is 0 Å². The monoisotopic (exact) mass is 414 g/mol. The summed E-state index contributed by atoms with van der Waals surface area (Å²) in [4.78, 5) is 33.8. The molecule has 5 rings (SSSR count). The Hall–Kier alpha value is -3.05. The number of thiophene rings is 1. The van der Waals surface area contributed by atoms with Crippen LogP contribution in [0.5, 0.6) is 0 Å². The molecule has 5 heteroatoms. The van der Waals surface area contributed by atoms with E-state index in [-0.39, 0.29) is 24.8 Å². The average Bonchev–Trinajstić information content (AvgIpc) is 3.32. The molecular weight excluding hydrogens is 392 g/mol. The third kappa shape index (κ3) is 3.29. The van der Waals surface area contributed by atoms with Gasteiger partial charge in [-0.1, -0.05) is 60.2 Å². The predicted octanol–water partition coefficient (Wildman–Crippen LogP) is 4.61. The van der Waals surface area contributed by atoms with Crippen molar-refractivity contribution >= 4 is 33.7 Å². The zero-order valence-electron chi connectivity index (χ0n) is 16.9. The van der Waals surface area contributed by atoms with E-state index in [1.54, 1.807) is 16.2 Å². The molecule has 0 radical (unpaired) electrons. The lowest BCUT2D eigenvalue weighted by Gasteiger charge is -2.20. The summed E-state index contributed by atoms with van der Waals surface area (Å²) in [5.41, 5.74) is 6.00. The van der Waals surface area contributed by atoms with Gasteiger partial charge in [-0.25, -0.2) is 0 Å². The number of aryl methyl sites for hydroxylation is 2. The van der Waals surface area contributed by atoms with Crippen molar-refractivity contribution in [3.63, 3.8) is 0 Å². The van der Waals surface area contributed by atoms with E-state index >= 15 is 0 Å². The number of anilines is 1. The molecule has 2 heterocycles.